The van der Waals surface area contributed by atoms with Crippen LogP contribution in [0.25, 0.3) is 0 Å². The lowest BCUT2D eigenvalue weighted by Gasteiger charge is -1.98. The number of imidazole rings is 1. The summed E-state index contributed by atoms with van der Waals surface area (Å²) in [7, 11) is 1.81. The number of nitrogens with zero attached hydrogens (tertiary/aromatic N) is 2. The Morgan fingerprint density at radius 3 is 2.80 bits per heavy atom. The average molecular weight is 140 g/mol. The van der Waals surface area contributed by atoms with Gasteiger partial charge in [-0.25, -0.2) is 4.98 Å². The predicted octanol–water partition coefficient (Wildman–Crippen LogP) is 1.08. The van der Waals surface area contributed by atoms with Gasteiger partial charge in [0, 0.05) is 13.5 Å². The minimum Gasteiger partial charge on any atom is -0.493 e. The number of aromatic nitrogens is 2. The third kappa shape index (κ3) is 1.12. The standard InChI is InChI=1S/C7H12N2O/c1-3-4-6-8-5-7(10)9(6)2/h5,10H,3-4H2,1-2H3. The molecule has 56 valence electrons. The second-order valence-electron chi connectivity index (χ2n) is 2.34. The van der Waals surface area contributed by atoms with E-state index in [0.717, 1.165) is 18.7 Å². The Hall–Kier alpha value is -0.990. The summed E-state index contributed by atoms with van der Waals surface area (Å²) in [5, 5.41) is 9.07. The molecule has 0 radical (unpaired) electrons. The third-order valence-electron chi connectivity index (χ3n) is 1.53. The second kappa shape index (κ2) is 2.73. The molecule has 0 amide bonds. The van der Waals surface area contributed by atoms with Crippen molar-refractivity contribution >= 4 is 0 Å². The first kappa shape index (κ1) is 7.12. The molecule has 1 rings (SSSR count). The fourth-order valence-electron chi connectivity index (χ4n) is 0.894. The van der Waals surface area contributed by atoms with Crippen LogP contribution in [0.2, 0.25) is 0 Å². The molecule has 0 saturated heterocycles. The average Bonchev–Trinajstić information content (AvgIpc) is 2.20. The summed E-state index contributed by atoms with van der Waals surface area (Å²) in [6, 6.07) is 0. The molecule has 0 unspecified atom stereocenters. The molecule has 1 heterocycles. The molecule has 3 heteroatoms. The highest BCUT2D eigenvalue weighted by atomic mass is 16.3. The zero-order valence-corrected chi connectivity index (χ0v) is 6.33. The molecule has 0 aromatic carbocycles. The number of aromatic hydroxyl groups is 1. The van der Waals surface area contributed by atoms with Gasteiger partial charge in [-0.1, -0.05) is 6.92 Å². The van der Waals surface area contributed by atoms with E-state index in [0.29, 0.717) is 0 Å². The van der Waals surface area contributed by atoms with Gasteiger partial charge >= 0.3 is 0 Å². The molecule has 3 nitrogen and oxygen atoms in total. The normalized spacial score (nSPS) is 10.2. The van der Waals surface area contributed by atoms with Gasteiger partial charge in [0.15, 0.2) is 0 Å². The lowest BCUT2D eigenvalue weighted by atomic mass is 10.3. The van der Waals surface area contributed by atoms with Crippen molar-refractivity contribution < 1.29 is 5.11 Å². The van der Waals surface area contributed by atoms with Gasteiger partial charge in [-0.15, -0.1) is 0 Å². The van der Waals surface area contributed by atoms with Gasteiger partial charge in [-0.2, -0.15) is 0 Å². The number of hydrogen-bond donors (Lipinski definition) is 1. The van der Waals surface area contributed by atoms with Gasteiger partial charge in [-0.05, 0) is 6.42 Å². The van der Waals surface area contributed by atoms with Crippen molar-refractivity contribution in [1.82, 2.24) is 9.55 Å². The Labute approximate surface area is 60.3 Å². The van der Waals surface area contributed by atoms with E-state index in [4.69, 9.17) is 5.11 Å². The van der Waals surface area contributed by atoms with Crippen LogP contribution in [0.1, 0.15) is 19.2 Å². The summed E-state index contributed by atoms with van der Waals surface area (Å²) in [4.78, 5) is 4.02. The number of rotatable bonds is 2. The van der Waals surface area contributed by atoms with E-state index < -0.39 is 0 Å². The molecule has 0 fully saturated rings. The number of hydrogen-bond acceptors (Lipinski definition) is 2. The summed E-state index contributed by atoms with van der Waals surface area (Å²) in [6.45, 7) is 2.09. The fraction of sp³-hybridized carbons (Fsp3) is 0.571. The van der Waals surface area contributed by atoms with Gasteiger partial charge in [0.05, 0.1) is 6.20 Å². The molecule has 0 aliphatic rings. The van der Waals surface area contributed by atoms with Crippen molar-refractivity contribution in [3.63, 3.8) is 0 Å². The minimum atomic E-state index is 0.239. The monoisotopic (exact) mass is 140 g/mol. The smallest absolute Gasteiger partial charge is 0.211 e. The van der Waals surface area contributed by atoms with Crippen molar-refractivity contribution in [2.24, 2.45) is 7.05 Å². The maximum Gasteiger partial charge on any atom is 0.211 e. The summed E-state index contributed by atoms with van der Waals surface area (Å²) < 4.78 is 1.70. The molecule has 0 bridgehead atoms. The SMILES string of the molecule is CCCc1ncc(O)n1C. The van der Waals surface area contributed by atoms with Crippen molar-refractivity contribution in [1.29, 1.82) is 0 Å². The Morgan fingerprint density at radius 1 is 1.70 bits per heavy atom. The van der Waals surface area contributed by atoms with Gasteiger partial charge in [0.2, 0.25) is 5.88 Å². The molecule has 0 saturated carbocycles. The van der Waals surface area contributed by atoms with Crippen LogP contribution in [-0.2, 0) is 13.5 Å². The first-order valence-corrected chi connectivity index (χ1v) is 3.45. The lowest BCUT2D eigenvalue weighted by Crippen LogP contribution is -1.96. The van der Waals surface area contributed by atoms with Crippen LogP contribution in [-0.4, -0.2) is 14.7 Å². The molecule has 1 aromatic rings. The van der Waals surface area contributed by atoms with Gasteiger partial charge < -0.3 is 9.67 Å². The molecule has 0 spiro atoms. The summed E-state index contributed by atoms with van der Waals surface area (Å²) in [5.74, 6) is 1.18. The highest BCUT2D eigenvalue weighted by molar-refractivity contribution is 5.08. The quantitative estimate of drug-likeness (QED) is 0.667. The maximum atomic E-state index is 9.07. The maximum absolute atomic E-state index is 9.07. The highest BCUT2D eigenvalue weighted by Crippen LogP contribution is 2.09. The van der Waals surface area contributed by atoms with E-state index in [1.807, 2.05) is 7.05 Å². The summed E-state index contributed by atoms with van der Waals surface area (Å²) in [6.07, 6.45) is 3.46. The summed E-state index contributed by atoms with van der Waals surface area (Å²) in [5.41, 5.74) is 0. The van der Waals surface area contributed by atoms with Gasteiger partial charge in [0.25, 0.3) is 0 Å². The van der Waals surface area contributed by atoms with E-state index in [9.17, 15) is 0 Å². The van der Waals surface area contributed by atoms with Crippen LogP contribution in [0.5, 0.6) is 5.88 Å². The van der Waals surface area contributed by atoms with Crippen LogP contribution in [0, 0.1) is 0 Å². The van der Waals surface area contributed by atoms with Crippen LogP contribution < -0.4 is 0 Å². The summed E-state index contributed by atoms with van der Waals surface area (Å²) >= 11 is 0. The topological polar surface area (TPSA) is 38.1 Å². The van der Waals surface area contributed by atoms with Gasteiger partial charge in [0.1, 0.15) is 5.82 Å². The van der Waals surface area contributed by atoms with Crippen LogP contribution in [0.3, 0.4) is 0 Å². The molecule has 0 atom stereocenters. The molecule has 0 aliphatic heterocycles. The largest absolute Gasteiger partial charge is 0.493 e. The van der Waals surface area contributed by atoms with E-state index in [-0.39, 0.29) is 5.88 Å². The van der Waals surface area contributed by atoms with E-state index in [1.54, 1.807) is 4.57 Å². The minimum absolute atomic E-state index is 0.239. The van der Waals surface area contributed by atoms with E-state index >= 15 is 0 Å². The third-order valence-corrected chi connectivity index (χ3v) is 1.53. The molecular weight excluding hydrogens is 128 g/mol. The Balaban J connectivity index is 2.83. The Morgan fingerprint density at radius 2 is 2.40 bits per heavy atom. The molecule has 10 heavy (non-hydrogen) atoms. The number of aryl methyl sites for hydroxylation is 1. The van der Waals surface area contributed by atoms with Crippen molar-refractivity contribution in [3.05, 3.63) is 12.0 Å². The molecular formula is C7H12N2O. The lowest BCUT2D eigenvalue weighted by molar-refractivity contribution is 0.428. The predicted molar refractivity (Wildman–Crippen MR) is 38.9 cm³/mol. The molecule has 1 N–H and O–H groups in total. The molecule has 0 aliphatic carbocycles. The van der Waals surface area contributed by atoms with Gasteiger partial charge in [-0.3, -0.25) is 0 Å². The first-order valence-electron chi connectivity index (χ1n) is 3.45. The highest BCUT2D eigenvalue weighted by Gasteiger charge is 2.01. The van der Waals surface area contributed by atoms with E-state index in [2.05, 4.69) is 11.9 Å². The first-order chi connectivity index (χ1) is 4.75. The van der Waals surface area contributed by atoms with Crippen molar-refractivity contribution in [2.45, 2.75) is 19.8 Å². The zero-order valence-electron chi connectivity index (χ0n) is 6.33. The zero-order chi connectivity index (χ0) is 7.56. The van der Waals surface area contributed by atoms with E-state index in [1.165, 1.54) is 6.20 Å². The fourth-order valence-corrected chi connectivity index (χ4v) is 0.894. The second-order valence-corrected chi connectivity index (χ2v) is 2.34. The van der Waals surface area contributed by atoms with Crippen LogP contribution in [0.4, 0.5) is 0 Å². The Bertz CT molecular complexity index is 217. The molecule has 1 aromatic heterocycles. The van der Waals surface area contributed by atoms with Crippen LogP contribution in [0.15, 0.2) is 6.20 Å². The van der Waals surface area contributed by atoms with Crippen molar-refractivity contribution in [3.8, 4) is 5.88 Å². The Kier molecular flexibility index (Phi) is 1.94. The van der Waals surface area contributed by atoms with Crippen LogP contribution >= 0.6 is 0 Å². The van der Waals surface area contributed by atoms with Crippen molar-refractivity contribution in [2.75, 3.05) is 0 Å².